The van der Waals surface area contributed by atoms with Crippen LogP contribution in [0.3, 0.4) is 0 Å². The van der Waals surface area contributed by atoms with E-state index in [9.17, 15) is 24.3 Å². The number of unbranched alkanes of at least 4 members (excludes halogenated alkanes) is 14. The third kappa shape index (κ3) is 31.5. The van der Waals surface area contributed by atoms with Gasteiger partial charge in [0, 0.05) is 19.4 Å². The van der Waals surface area contributed by atoms with Crippen molar-refractivity contribution in [3.63, 3.8) is 0 Å². The zero-order chi connectivity index (χ0) is 31.3. The number of guanidine groups is 1. The van der Waals surface area contributed by atoms with E-state index in [4.69, 9.17) is 27.1 Å². The lowest BCUT2D eigenvalue weighted by atomic mass is 10.0. The van der Waals surface area contributed by atoms with Crippen molar-refractivity contribution in [3.8, 4) is 0 Å². The lowest BCUT2D eigenvalue weighted by Crippen LogP contribution is -2.41. The molecule has 1 amide bonds. The summed E-state index contributed by atoms with van der Waals surface area (Å²) in [5, 5.41) is 37.8. The molecular weight excluding hydrogens is 530 g/mol. The topological polar surface area (TPSA) is 229 Å². The molecule has 0 aliphatic rings. The summed E-state index contributed by atoms with van der Waals surface area (Å²) in [6.45, 7) is 2.68. The summed E-state index contributed by atoms with van der Waals surface area (Å²) in [4.78, 5) is 43.1. The van der Waals surface area contributed by atoms with Gasteiger partial charge in [0.25, 0.3) is 0 Å². The van der Waals surface area contributed by atoms with Crippen molar-refractivity contribution in [2.24, 2.45) is 11.5 Å². The van der Waals surface area contributed by atoms with Gasteiger partial charge in [0.15, 0.2) is 5.96 Å². The second-order valence-electron chi connectivity index (χ2n) is 10.5. The molecule has 0 bridgehead atoms. The minimum Gasteiger partial charge on any atom is -0.481 e. The Morgan fingerprint density at radius 3 is 1.54 bits per heavy atom. The van der Waals surface area contributed by atoms with Gasteiger partial charge >= 0.3 is 17.9 Å². The van der Waals surface area contributed by atoms with E-state index < -0.39 is 30.0 Å². The predicted octanol–water partition coefficient (Wildman–Crippen LogP) is 4.34. The van der Waals surface area contributed by atoms with Gasteiger partial charge in [-0.3, -0.25) is 19.8 Å². The van der Waals surface area contributed by atoms with Gasteiger partial charge in [0.05, 0.1) is 0 Å². The zero-order valence-corrected chi connectivity index (χ0v) is 25.1. The van der Waals surface area contributed by atoms with E-state index in [1.54, 1.807) is 0 Å². The standard InChI is InChI=1S/C24H48N4O3.C5H9NO4/c1-2-3-4-5-6-7-8-9-10-11-12-13-14-15-16-19-22(29)28-21(23(30)31)18-17-20-27-24(25)26;6-3(5(9)10)1-2-4(7)8/h21H,2-20H2,1H3,(H,28,29)(H,30,31)(H4,25,26,27);3H,1-2,6H2,(H,7,8)(H,9,10). The van der Waals surface area contributed by atoms with Crippen molar-refractivity contribution < 1.29 is 34.5 Å². The first-order valence-electron chi connectivity index (χ1n) is 15.3. The number of amides is 1. The van der Waals surface area contributed by atoms with Gasteiger partial charge in [-0.25, -0.2) is 4.79 Å². The Labute approximate surface area is 245 Å². The average Bonchev–Trinajstić information content (AvgIpc) is 2.91. The molecule has 2 atom stereocenters. The monoisotopic (exact) mass is 587 g/mol. The molecular formula is C29H57N5O7. The molecule has 0 aromatic heterocycles. The van der Waals surface area contributed by atoms with Crippen LogP contribution in [0.25, 0.3) is 0 Å². The van der Waals surface area contributed by atoms with Gasteiger partial charge in [-0.2, -0.15) is 0 Å². The van der Waals surface area contributed by atoms with Crippen molar-refractivity contribution in [1.29, 1.82) is 5.41 Å². The van der Waals surface area contributed by atoms with Gasteiger partial charge in [-0.15, -0.1) is 0 Å². The van der Waals surface area contributed by atoms with E-state index >= 15 is 0 Å². The lowest BCUT2D eigenvalue weighted by molar-refractivity contribution is -0.142. The maximum atomic E-state index is 12.0. The number of carbonyl (C=O) groups excluding carboxylic acids is 1. The maximum Gasteiger partial charge on any atom is 0.326 e. The van der Waals surface area contributed by atoms with Gasteiger partial charge in [-0.1, -0.05) is 96.8 Å². The van der Waals surface area contributed by atoms with Crippen LogP contribution in [-0.2, 0) is 19.2 Å². The van der Waals surface area contributed by atoms with Crippen LogP contribution >= 0.6 is 0 Å². The highest BCUT2D eigenvalue weighted by atomic mass is 16.4. The van der Waals surface area contributed by atoms with E-state index in [-0.39, 0.29) is 24.7 Å². The number of carboxylic acid groups (broad SMARTS) is 3. The van der Waals surface area contributed by atoms with Crippen LogP contribution in [0.1, 0.15) is 135 Å². The molecule has 12 heteroatoms. The fraction of sp³-hybridized carbons (Fsp3) is 0.828. The van der Waals surface area contributed by atoms with Crippen molar-refractivity contribution in [3.05, 3.63) is 0 Å². The number of aliphatic carboxylic acids is 3. The van der Waals surface area contributed by atoms with E-state index in [1.165, 1.54) is 77.0 Å². The summed E-state index contributed by atoms with van der Waals surface area (Å²) in [6.07, 6.45) is 20.2. The first-order valence-corrected chi connectivity index (χ1v) is 15.3. The first-order chi connectivity index (χ1) is 19.5. The number of rotatable bonds is 26. The maximum absolute atomic E-state index is 12.0. The Morgan fingerprint density at radius 1 is 0.683 bits per heavy atom. The molecule has 0 rings (SSSR count). The molecule has 0 heterocycles. The lowest BCUT2D eigenvalue weighted by Gasteiger charge is -2.14. The van der Waals surface area contributed by atoms with E-state index in [1.807, 2.05) is 0 Å². The van der Waals surface area contributed by atoms with Crippen LogP contribution in [0, 0.1) is 5.41 Å². The molecule has 0 saturated carbocycles. The number of hydrogen-bond acceptors (Lipinski definition) is 6. The molecule has 0 aromatic carbocycles. The van der Waals surface area contributed by atoms with E-state index in [0.717, 1.165) is 19.3 Å². The minimum absolute atomic E-state index is 0.0231. The molecule has 0 saturated heterocycles. The van der Waals surface area contributed by atoms with E-state index in [2.05, 4.69) is 17.6 Å². The number of carboxylic acids is 3. The molecule has 0 aliphatic heterocycles. The van der Waals surface area contributed by atoms with Crippen molar-refractivity contribution in [2.45, 2.75) is 147 Å². The normalized spacial score (nSPS) is 12.0. The van der Waals surface area contributed by atoms with Crippen molar-refractivity contribution in [1.82, 2.24) is 10.6 Å². The Hall–Kier alpha value is -2.89. The second-order valence-corrected chi connectivity index (χ2v) is 10.5. The number of nitrogens with two attached hydrogens (primary N) is 2. The van der Waals surface area contributed by atoms with Crippen molar-refractivity contribution >= 4 is 29.8 Å². The molecule has 2 unspecified atom stereocenters. The van der Waals surface area contributed by atoms with Crippen molar-refractivity contribution in [2.75, 3.05) is 6.54 Å². The minimum atomic E-state index is -1.17. The number of nitrogens with one attached hydrogen (secondary N) is 3. The van der Waals surface area contributed by atoms with Crippen LogP contribution < -0.4 is 22.1 Å². The largest absolute Gasteiger partial charge is 0.481 e. The molecule has 0 aliphatic carbocycles. The fourth-order valence-electron chi connectivity index (χ4n) is 4.11. The molecule has 10 N–H and O–H groups in total. The van der Waals surface area contributed by atoms with Gasteiger partial charge in [-0.05, 0) is 25.7 Å². The molecule has 0 spiro atoms. The third-order valence-electron chi connectivity index (χ3n) is 6.61. The fourth-order valence-corrected chi connectivity index (χ4v) is 4.11. The highest BCUT2D eigenvalue weighted by Gasteiger charge is 2.19. The van der Waals surface area contributed by atoms with Crippen LogP contribution in [0.2, 0.25) is 0 Å². The van der Waals surface area contributed by atoms with Crippen LogP contribution in [-0.4, -0.2) is 63.7 Å². The first kappa shape index (κ1) is 40.2. The Balaban J connectivity index is 0. The zero-order valence-electron chi connectivity index (χ0n) is 25.1. The van der Waals surface area contributed by atoms with Gasteiger partial charge < -0.3 is 37.4 Å². The Bertz CT molecular complexity index is 722. The number of hydrogen-bond donors (Lipinski definition) is 8. The van der Waals surface area contributed by atoms with E-state index in [0.29, 0.717) is 25.8 Å². The summed E-state index contributed by atoms with van der Waals surface area (Å²) in [6, 6.07) is -1.94. The summed E-state index contributed by atoms with van der Waals surface area (Å²) in [5.41, 5.74) is 10.2. The summed E-state index contributed by atoms with van der Waals surface area (Å²) in [5.74, 6) is -3.55. The summed E-state index contributed by atoms with van der Waals surface area (Å²) < 4.78 is 0. The molecule has 0 aromatic rings. The molecule has 12 nitrogen and oxygen atoms in total. The SMILES string of the molecule is CCCCCCCCCCCCCCCCCC(=O)NC(CCCNC(=N)N)C(=O)O.NC(CCC(=O)O)C(=O)O. The Kier molecular flexibility index (Phi) is 28.1. The van der Waals surface area contributed by atoms with Crippen LogP contribution in [0.4, 0.5) is 0 Å². The smallest absolute Gasteiger partial charge is 0.326 e. The molecule has 0 radical (unpaired) electrons. The van der Waals surface area contributed by atoms with Crippen LogP contribution in [0.5, 0.6) is 0 Å². The van der Waals surface area contributed by atoms with Gasteiger partial charge in [0.1, 0.15) is 12.1 Å². The molecule has 41 heavy (non-hydrogen) atoms. The third-order valence-corrected chi connectivity index (χ3v) is 6.61. The number of carbonyl (C=O) groups is 4. The summed E-state index contributed by atoms with van der Waals surface area (Å²) in [7, 11) is 0. The molecule has 0 fully saturated rings. The van der Waals surface area contributed by atoms with Crippen LogP contribution in [0.15, 0.2) is 0 Å². The highest BCUT2D eigenvalue weighted by molar-refractivity contribution is 5.83. The average molecular weight is 588 g/mol. The Morgan fingerprint density at radius 2 is 1.15 bits per heavy atom. The predicted molar refractivity (Wildman–Crippen MR) is 161 cm³/mol. The highest BCUT2D eigenvalue weighted by Crippen LogP contribution is 2.13. The summed E-state index contributed by atoms with van der Waals surface area (Å²) >= 11 is 0. The second kappa shape index (κ2) is 28.6. The van der Waals surface area contributed by atoms with Gasteiger partial charge in [0.2, 0.25) is 5.91 Å². The quantitative estimate of drug-likeness (QED) is 0.0405. The molecule has 240 valence electrons.